The van der Waals surface area contributed by atoms with Crippen LogP contribution < -0.4 is 0 Å². The Balaban J connectivity index is 2.37. The molecule has 1 rings (SSSR count). The predicted octanol–water partition coefficient (Wildman–Crippen LogP) is 3.56. The second-order valence-corrected chi connectivity index (χ2v) is 9.85. The van der Waals surface area contributed by atoms with Crippen LogP contribution in [-0.2, 0) is 14.8 Å². The average Bonchev–Trinajstić information content (AvgIpc) is 2.54. The molecule has 0 spiro atoms. The quantitative estimate of drug-likeness (QED) is 0.322. The minimum Gasteiger partial charge on any atom is -0.481 e. The van der Waals surface area contributed by atoms with E-state index in [1.54, 1.807) is 0 Å². The Hall–Kier alpha value is -0.920. The van der Waals surface area contributed by atoms with Crippen molar-refractivity contribution >= 4 is 16.0 Å². The Morgan fingerprint density at radius 3 is 2.37 bits per heavy atom. The van der Waals surface area contributed by atoms with Crippen LogP contribution in [-0.4, -0.2) is 54.4 Å². The van der Waals surface area contributed by atoms with E-state index in [9.17, 15) is 18.3 Å². The molecule has 1 fully saturated rings. The highest BCUT2D eigenvalue weighted by molar-refractivity contribution is 7.88. The maximum Gasteiger partial charge on any atom is 0.303 e. The van der Waals surface area contributed by atoms with Crippen molar-refractivity contribution in [2.75, 3.05) is 19.3 Å². The number of carboxylic acid groups (broad SMARTS) is 1. The van der Waals surface area contributed by atoms with Crippen LogP contribution in [0.15, 0.2) is 12.2 Å². The molecule has 27 heavy (non-hydrogen) atoms. The van der Waals surface area contributed by atoms with Gasteiger partial charge in [-0.15, -0.1) is 0 Å². The molecule has 6 nitrogen and oxygen atoms in total. The zero-order valence-electron chi connectivity index (χ0n) is 16.9. The summed E-state index contributed by atoms with van der Waals surface area (Å²) in [5.41, 5.74) is 0.0750. The minimum absolute atomic E-state index is 0.0750. The van der Waals surface area contributed by atoms with E-state index >= 15 is 0 Å². The summed E-state index contributed by atoms with van der Waals surface area (Å²) in [5.74, 6) is -0.789. The third-order valence-corrected chi connectivity index (χ3v) is 6.93. The number of carboxylic acids is 1. The van der Waals surface area contributed by atoms with Crippen LogP contribution in [0.4, 0.5) is 0 Å². The molecule has 0 radical (unpaired) electrons. The SMILES string of the molecule is CCCC1(C(O)C/C=C/CN(CCCCCCC(=O)O)S(C)(=O)=O)CCC1. The van der Waals surface area contributed by atoms with Crippen LogP contribution >= 0.6 is 0 Å². The predicted molar refractivity (Wildman–Crippen MR) is 108 cm³/mol. The number of aliphatic hydroxyl groups is 1. The monoisotopic (exact) mass is 403 g/mol. The van der Waals surface area contributed by atoms with E-state index in [0.717, 1.165) is 44.9 Å². The molecular formula is C20H37NO5S. The second-order valence-electron chi connectivity index (χ2n) is 7.87. The molecule has 0 aromatic carbocycles. The van der Waals surface area contributed by atoms with E-state index in [0.29, 0.717) is 25.9 Å². The van der Waals surface area contributed by atoms with Crippen molar-refractivity contribution < 1.29 is 23.4 Å². The number of nitrogens with zero attached hydrogens (tertiary/aromatic N) is 1. The zero-order valence-corrected chi connectivity index (χ0v) is 17.7. The van der Waals surface area contributed by atoms with Gasteiger partial charge < -0.3 is 10.2 Å². The van der Waals surface area contributed by atoms with E-state index < -0.39 is 16.0 Å². The summed E-state index contributed by atoms with van der Waals surface area (Å²) < 4.78 is 25.3. The first-order valence-electron chi connectivity index (χ1n) is 10.2. The molecule has 0 heterocycles. The molecule has 158 valence electrons. The van der Waals surface area contributed by atoms with Gasteiger partial charge in [0.1, 0.15) is 0 Å². The fourth-order valence-corrected chi connectivity index (χ4v) is 4.67. The van der Waals surface area contributed by atoms with Gasteiger partial charge in [0, 0.05) is 19.5 Å². The molecule has 0 saturated heterocycles. The Morgan fingerprint density at radius 1 is 1.19 bits per heavy atom. The molecule has 1 aliphatic rings. The van der Waals surface area contributed by atoms with Crippen LogP contribution in [0.1, 0.15) is 77.6 Å². The number of aliphatic carboxylic acids is 1. The van der Waals surface area contributed by atoms with Gasteiger partial charge in [-0.2, -0.15) is 4.31 Å². The van der Waals surface area contributed by atoms with Crippen LogP contribution in [0.3, 0.4) is 0 Å². The van der Waals surface area contributed by atoms with Gasteiger partial charge in [0.25, 0.3) is 0 Å². The van der Waals surface area contributed by atoms with Crippen LogP contribution in [0.5, 0.6) is 0 Å². The number of hydrogen-bond acceptors (Lipinski definition) is 4. The number of hydrogen-bond donors (Lipinski definition) is 2. The van der Waals surface area contributed by atoms with Crippen molar-refractivity contribution in [2.45, 2.75) is 83.7 Å². The van der Waals surface area contributed by atoms with Gasteiger partial charge in [-0.05, 0) is 43.9 Å². The van der Waals surface area contributed by atoms with Crippen molar-refractivity contribution in [3.63, 3.8) is 0 Å². The summed E-state index contributed by atoms with van der Waals surface area (Å²) in [5, 5.41) is 19.1. The molecule has 0 bridgehead atoms. The molecule has 2 N–H and O–H groups in total. The van der Waals surface area contributed by atoms with Crippen LogP contribution in [0, 0.1) is 5.41 Å². The summed E-state index contributed by atoms with van der Waals surface area (Å²) in [4.78, 5) is 10.5. The fourth-order valence-electron chi connectivity index (χ4n) is 3.86. The molecule has 0 aromatic rings. The van der Waals surface area contributed by atoms with Crippen LogP contribution in [0.2, 0.25) is 0 Å². The molecular weight excluding hydrogens is 366 g/mol. The Bertz CT molecular complexity index is 569. The number of rotatable bonds is 15. The summed E-state index contributed by atoms with van der Waals surface area (Å²) >= 11 is 0. The van der Waals surface area contributed by atoms with Gasteiger partial charge in [0.2, 0.25) is 10.0 Å². The van der Waals surface area contributed by atoms with Gasteiger partial charge in [0.05, 0.1) is 12.4 Å². The molecule has 0 aromatic heterocycles. The highest BCUT2D eigenvalue weighted by Gasteiger charge is 2.41. The Labute approximate surface area is 164 Å². The van der Waals surface area contributed by atoms with Gasteiger partial charge in [-0.25, -0.2) is 8.42 Å². The third-order valence-electron chi connectivity index (χ3n) is 5.66. The molecule has 0 aliphatic heterocycles. The lowest BCUT2D eigenvalue weighted by Crippen LogP contribution is -2.41. The molecule has 1 unspecified atom stereocenters. The van der Waals surface area contributed by atoms with E-state index in [1.165, 1.54) is 17.0 Å². The summed E-state index contributed by atoms with van der Waals surface area (Å²) in [6.45, 7) is 2.91. The standard InChI is InChI=1S/C20H37NO5S/c1-3-13-20(14-10-15-20)18(22)11-7-9-17-21(27(2,25)26)16-8-5-4-6-12-19(23)24/h7,9,18,22H,3-6,8,10-17H2,1-2H3,(H,23,24)/b9-7+. The first kappa shape index (κ1) is 24.1. The maximum absolute atomic E-state index is 11.9. The van der Waals surface area contributed by atoms with Crippen LogP contribution in [0.25, 0.3) is 0 Å². The molecule has 0 amide bonds. The lowest BCUT2D eigenvalue weighted by Gasteiger charge is -2.45. The van der Waals surface area contributed by atoms with Gasteiger partial charge in [-0.3, -0.25) is 4.79 Å². The lowest BCUT2D eigenvalue weighted by atomic mass is 9.62. The molecule has 7 heteroatoms. The maximum atomic E-state index is 11.9. The largest absolute Gasteiger partial charge is 0.481 e. The molecule has 1 atom stereocenters. The third kappa shape index (κ3) is 8.75. The fraction of sp³-hybridized carbons (Fsp3) is 0.850. The smallest absolute Gasteiger partial charge is 0.303 e. The highest BCUT2D eigenvalue weighted by atomic mass is 32.2. The number of unbranched alkanes of at least 4 members (excludes halogenated alkanes) is 3. The van der Waals surface area contributed by atoms with Crippen molar-refractivity contribution in [1.29, 1.82) is 0 Å². The lowest BCUT2D eigenvalue weighted by molar-refractivity contribution is -0.137. The van der Waals surface area contributed by atoms with Gasteiger partial charge in [-0.1, -0.05) is 44.8 Å². The normalized spacial score (nSPS) is 17.9. The molecule has 1 saturated carbocycles. The number of carbonyl (C=O) groups is 1. The molecule has 1 aliphatic carbocycles. The first-order chi connectivity index (χ1) is 12.7. The van der Waals surface area contributed by atoms with Crippen molar-refractivity contribution in [2.24, 2.45) is 5.41 Å². The van der Waals surface area contributed by atoms with Gasteiger partial charge >= 0.3 is 5.97 Å². The average molecular weight is 404 g/mol. The number of aliphatic hydroxyl groups excluding tert-OH is 1. The van der Waals surface area contributed by atoms with E-state index in [2.05, 4.69) is 6.92 Å². The van der Waals surface area contributed by atoms with E-state index in [1.807, 2.05) is 12.2 Å². The zero-order chi connectivity index (χ0) is 20.3. The van der Waals surface area contributed by atoms with Crippen molar-refractivity contribution in [3.8, 4) is 0 Å². The van der Waals surface area contributed by atoms with Gasteiger partial charge in [0.15, 0.2) is 0 Å². The van der Waals surface area contributed by atoms with E-state index in [-0.39, 0.29) is 17.9 Å². The summed E-state index contributed by atoms with van der Waals surface area (Å²) in [7, 11) is -3.28. The highest BCUT2D eigenvalue weighted by Crippen LogP contribution is 2.48. The minimum atomic E-state index is -3.28. The second kappa shape index (κ2) is 11.8. The van der Waals surface area contributed by atoms with Crippen molar-refractivity contribution in [3.05, 3.63) is 12.2 Å². The Kier molecular flexibility index (Phi) is 10.6. The van der Waals surface area contributed by atoms with Crippen molar-refractivity contribution in [1.82, 2.24) is 4.31 Å². The summed E-state index contributed by atoms with van der Waals surface area (Å²) in [6, 6.07) is 0. The number of sulfonamides is 1. The summed E-state index contributed by atoms with van der Waals surface area (Å²) in [6.07, 6.45) is 13.8. The Morgan fingerprint density at radius 2 is 1.85 bits per heavy atom. The van der Waals surface area contributed by atoms with E-state index in [4.69, 9.17) is 5.11 Å². The first-order valence-corrected chi connectivity index (χ1v) is 12.1. The topological polar surface area (TPSA) is 94.9 Å².